The fourth-order valence-electron chi connectivity index (χ4n) is 6.77. The molecule has 0 aliphatic carbocycles. The van der Waals surface area contributed by atoms with Gasteiger partial charge in [0.25, 0.3) is 0 Å². The second kappa shape index (κ2) is 16.1. The van der Waals surface area contributed by atoms with E-state index in [4.69, 9.17) is 25.0 Å². The molecule has 0 atom stereocenters. The summed E-state index contributed by atoms with van der Waals surface area (Å²) in [5, 5.41) is 3.51. The molecule has 0 amide bonds. The monoisotopic (exact) mass is 934 g/mol. The molecular weight excluding hydrogens is 873 g/mol. The van der Waals surface area contributed by atoms with E-state index in [-0.39, 0.29) is 75.7 Å². The number of aryl methyl sites for hydroxylation is 5. The van der Waals surface area contributed by atoms with Gasteiger partial charge in [0.15, 0.2) is 0 Å². The number of benzene rings is 6. The van der Waals surface area contributed by atoms with E-state index < -0.39 is 34.3 Å². The van der Waals surface area contributed by atoms with Gasteiger partial charge in [0.2, 0.25) is 0 Å². The molecule has 0 saturated carbocycles. The van der Waals surface area contributed by atoms with Crippen molar-refractivity contribution < 1.29 is 45.1 Å². The first kappa shape index (κ1) is 24.9. The first-order valence-corrected chi connectivity index (χ1v) is 18.1. The van der Waals surface area contributed by atoms with E-state index in [0.717, 1.165) is 39.0 Å². The molecule has 0 aliphatic rings. The molecule has 0 N–H and O–H groups in total. The van der Waals surface area contributed by atoms with Gasteiger partial charge in [-0.25, -0.2) is 0 Å². The third-order valence-electron chi connectivity index (χ3n) is 9.85. The SMILES string of the molecule is [2H]C([2H])([2H])c1c[c-]c(-c2ccc(C(C)(C)C)cn2)cc1.[2H]C([2H])([2H])c1ccc(-c2cc(C([2H])([2H])[2H])c(-c3cc(-c4[c-]ccc5c4oc4c6ccccc6ccc54)ncc3C([2H])([2H])[2H])cc2C([2H])([2H])[2H])cc1.[Ir]. The van der Waals surface area contributed by atoms with E-state index in [1.165, 1.54) is 54.1 Å². The number of aromatic nitrogens is 2. The van der Waals surface area contributed by atoms with Crippen molar-refractivity contribution in [3.8, 4) is 44.8 Å². The Morgan fingerprint density at radius 3 is 2.02 bits per heavy atom. The topological polar surface area (TPSA) is 38.9 Å². The van der Waals surface area contributed by atoms with Crippen LogP contribution in [0.1, 0.15) is 74.7 Å². The third-order valence-corrected chi connectivity index (χ3v) is 9.85. The Labute approximate surface area is 371 Å². The average molecular weight is 934 g/mol. The van der Waals surface area contributed by atoms with Gasteiger partial charge >= 0.3 is 0 Å². The van der Waals surface area contributed by atoms with Crippen LogP contribution in [0.3, 0.4) is 0 Å². The third kappa shape index (κ3) is 7.99. The van der Waals surface area contributed by atoms with Crippen LogP contribution in [0.25, 0.3) is 77.5 Å². The van der Waals surface area contributed by atoms with Gasteiger partial charge in [-0.15, -0.1) is 53.6 Å². The van der Waals surface area contributed by atoms with Crippen LogP contribution in [0.4, 0.5) is 0 Å². The van der Waals surface area contributed by atoms with Crippen LogP contribution in [-0.2, 0) is 25.5 Å². The summed E-state index contributed by atoms with van der Waals surface area (Å²) in [5.74, 6) is 0. The summed E-state index contributed by atoms with van der Waals surface area (Å²) < 4.78 is 127. The molecule has 4 heteroatoms. The van der Waals surface area contributed by atoms with Gasteiger partial charge in [-0.2, -0.15) is 0 Å². The van der Waals surface area contributed by atoms with Gasteiger partial charge in [-0.3, -0.25) is 0 Å². The molecule has 9 rings (SSSR count). The summed E-state index contributed by atoms with van der Waals surface area (Å²) in [4.78, 5) is 8.93. The minimum absolute atomic E-state index is 0. The zero-order chi connectivity index (χ0) is 51.6. The van der Waals surface area contributed by atoms with Crippen molar-refractivity contribution in [1.29, 1.82) is 0 Å². The molecule has 1 radical (unpaired) electrons. The van der Waals surface area contributed by atoms with Gasteiger partial charge in [0.05, 0.1) is 5.58 Å². The summed E-state index contributed by atoms with van der Waals surface area (Å²) in [6.45, 7) is -6.42. The molecule has 6 aromatic carbocycles. The Bertz CT molecular complexity index is 3360. The number of hydrogen-bond acceptors (Lipinski definition) is 3. The molecule has 285 valence electrons. The minimum Gasteiger partial charge on any atom is -0.500 e. The van der Waals surface area contributed by atoms with E-state index in [1.54, 1.807) is 18.2 Å². The van der Waals surface area contributed by atoms with Gasteiger partial charge in [0.1, 0.15) is 5.58 Å². The van der Waals surface area contributed by atoms with Crippen molar-refractivity contribution in [2.45, 2.75) is 60.4 Å². The second-order valence-electron chi connectivity index (χ2n) is 14.7. The summed E-state index contributed by atoms with van der Waals surface area (Å²) in [7, 11) is 0. The molecule has 0 saturated heterocycles. The van der Waals surface area contributed by atoms with E-state index in [0.29, 0.717) is 22.3 Å². The summed E-state index contributed by atoms with van der Waals surface area (Å²) >= 11 is 0. The maximum absolute atomic E-state index is 8.49. The Balaban J connectivity index is 0.000000304. The molecule has 3 aromatic heterocycles. The predicted molar refractivity (Wildman–Crippen MR) is 235 cm³/mol. The first-order valence-electron chi connectivity index (χ1n) is 25.6. The smallest absolute Gasteiger partial charge is 0.128 e. The molecule has 3 heterocycles. The van der Waals surface area contributed by atoms with E-state index >= 15 is 0 Å². The minimum atomic E-state index is -2.82. The Kier molecular flexibility index (Phi) is 7.00. The fourth-order valence-corrected chi connectivity index (χ4v) is 6.77. The van der Waals surface area contributed by atoms with Crippen molar-refractivity contribution in [1.82, 2.24) is 9.97 Å². The fraction of sp³-hybridized carbons (Fsp3) is 0.170. The molecule has 0 spiro atoms. The Morgan fingerprint density at radius 2 is 1.30 bits per heavy atom. The molecule has 3 nitrogen and oxygen atoms in total. The van der Waals surface area contributed by atoms with Crippen molar-refractivity contribution in [2.75, 3.05) is 0 Å². The summed E-state index contributed by atoms with van der Waals surface area (Å²) in [6.07, 6.45) is 3.02. The van der Waals surface area contributed by atoms with E-state index in [1.807, 2.05) is 60.8 Å². The Hall–Kier alpha value is -5.67. The van der Waals surface area contributed by atoms with Crippen LogP contribution in [0.5, 0.6) is 0 Å². The van der Waals surface area contributed by atoms with Crippen molar-refractivity contribution in [3.63, 3.8) is 0 Å². The number of fused-ring (bicyclic) bond motifs is 5. The van der Waals surface area contributed by atoms with Crippen LogP contribution in [-0.4, -0.2) is 9.97 Å². The number of rotatable bonds is 4. The predicted octanol–water partition coefficient (Wildman–Crippen LogP) is 14.3. The second-order valence-corrected chi connectivity index (χ2v) is 14.7. The quantitative estimate of drug-likeness (QED) is 0.165. The maximum Gasteiger partial charge on any atom is 0.128 e. The van der Waals surface area contributed by atoms with Gasteiger partial charge in [0, 0.05) is 63.8 Å². The molecule has 0 fully saturated rings. The van der Waals surface area contributed by atoms with Gasteiger partial charge < -0.3 is 14.4 Å². The number of nitrogens with zero attached hydrogens (tertiary/aromatic N) is 2. The van der Waals surface area contributed by atoms with Crippen molar-refractivity contribution in [2.24, 2.45) is 0 Å². The van der Waals surface area contributed by atoms with E-state index in [2.05, 4.69) is 42.9 Å². The van der Waals surface area contributed by atoms with Crippen molar-refractivity contribution >= 4 is 32.7 Å². The zero-order valence-electron chi connectivity index (χ0n) is 46.3. The number of hydrogen-bond donors (Lipinski definition) is 0. The standard InChI is InChI=1S/C37H28NO.C16H18N.Ir/c1-22-12-14-27(15-13-22)32-18-24(3)33(19-23(32)2)34-20-35(38-21-25(34)4)31-11-7-10-29-30-17-16-26-8-5-6-9-28(26)36(30)39-37(29)31;1-12-5-7-13(8-6-12)15-10-9-14(11-17-15)16(2,3)4;/h5-10,12-21H,1-4H3;5-7,9-11H,1-4H3;/q2*-1;/i1D3,2D3,3D3,4D3;1D3;. The molecule has 0 aliphatic heterocycles. The molecular formula is C53H46IrN2O-2. The van der Waals surface area contributed by atoms with Crippen molar-refractivity contribution in [3.05, 3.63) is 179 Å². The van der Waals surface area contributed by atoms with Crippen LogP contribution in [0, 0.1) is 46.4 Å². The van der Waals surface area contributed by atoms with Crippen LogP contribution >= 0.6 is 0 Å². The molecule has 9 aromatic rings. The van der Waals surface area contributed by atoms with Crippen LogP contribution in [0.2, 0.25) is 0 Å². The summed E-state index contributed by atoms with van der Waals surface area (Å²) in [5.41, 5.74) is 4.32. The van der Waals surface area contributed by atoms with Gasteiger partial charge in [-0.05, 0) is 94.1 Å². The molecule has 57 heavy (non-hydrogen) atoms. The molecule has 0 bridgehead atoms. The van der Waals surface area contributed by atoms with Crippen LogP contribution < -0.4 is 0 Å². The van der Waals surface area contributed by atoms with Gasteiger partial charge in [-0.1, -0.05) is 135 Å². The average Bonchev–Trinajstić information content (AvgIpc) is 3.69. The van der Waals surface area contributed by atoms with E-state index in [9.17, 15) is 0 Å². The Morgan fingerprint density at radius 1 is 0.579 bits per heavy atom. The maximum atomic E-state index is 8.49. The first-order chi connectivity index (χ1) is 33.0. The summed E-state index contributed by atoms with van der Waals surface area (Å²) in [6, 6.07) is 39.7. The molecule has 0 unspecified atom stereocenters. The zero-order valence-corrected chi connectivity index (χ0v) is 33.7. The normalized spacial score (nSPS) is 16.4. The number of furan rings is 1. The number of pyridine rings is 2. The largest absolute Gasteiger partial charge is 0.500 e. The van der Waals surface area contributed by atoms with Crippen LogP contribution in [0.15, 0.2) is 138 Å².